The molecule has 1 unspecified atom stereocenters. The summed E-state index contributed by atoms with van der Waals surface area (Å²) in [7, 11) is 0. The van der Waals surface area contributed by atoms with Crippen LogP contribution in [-0.4, -0.2) is 25.3 Å². The van der Waals surface area contributed by atoms with Crippen molar-refractivity contribution in [1.82, 2.24) is 5.32 Å². The Kier molecular flexibility index (Phi) is 3.67. The van der Waals surface area contributed by atoms with Gasteiger partial charge in [0.1, 0.15) is 0 Å². The first-order valence-electron chi connectivity index (χ1n) is 6.92. The van der Waals surface area contributed by atoms with Crippen molar-refractivity contribution < 1.29 is 23.0 Å². The number of carbonyl (C=O) groups excluding carboxylic acids is 1. The van der Waals surface area contributed by atoms with Crippen molar-refractivity contribution in [2.75, 3.05) is 18.4 Å². The molecule has 0 saturated carbocycles. The molecule has 1 aromatic rings. The van der Waals surface area contributed by atoms with E-state index in [4.69, 9.17) is 0 Å². The Morgan fingerprint density at radius 3 is 2.95 bits per heavy atom. The van der Waals surface area contributed by atoms with Crippen molar-refractivity contribution in [3.8, 4) is 11.5 Å². The van der Waals surface area contributed by atoms with Crippen LogP contribution in [0.4, 0.5) is 14.5 Å². The number of halogens is 2. The van der Waals surface area contributed by atoms with Crippen molar-refractivity contribution in [3.05, 3.63) is 18.2 Å². The highest BCUT2D eigenvalue weighted by molar-refractivity contribution is 5.91. The topological polar surface area (TPSA) is 59.6 Å². The van der Waals surface area contributed by atoms with Crippen LogP contribution in [-0.2, 0) is 4.79 Å². The van der Waals surface area contributed by atoms with Crippen LogP contribution < -0.4 is 20.1 Å². The van der Waals surface area contributed by atoms with Gasteiger partial charge in [-0.05, 0) is 44.0 Å². The SMILES string of the molecule is O=C(CC1CCCNC1)Nc1ccc2c(c1)OC(F)(F)O2. The first kappa shape index (κ1) is 14.1. The molecule has 2 aliphatic rings. The minimum absolute atomic E-state index is 0.0329. The number of alkyl halides is 2. The molecule has 0 bridgehead atoms. The fourth-order valence-corrected chi connectivity index (χ4v) is 2.60. The summed E-state index contributed by atoms with van der Waals surface area (Å²) in [5.41, 5.74) is 0.420. The number of amides is 1. The standard InChI is InChI=1S/C14H16F2N2O3/c15-14(16)20-11-4-3-10(7-12(11)21-14)18-13(19)6-9-2-1-5-17-8-9/h3-4,7,9,17H,1-2,5-6,8H2,(H,18,19). The Hall–Kier alpha value is -1.89. The Labute approximate surface area is 120 Å². The first-order valence-corrected chi connectivity index (χ1v) is 6.92. The lowest BCUT2D eigenvalue weighted by molar-refractivity contribution is -0.286. The highest BCUT2D eigenvalue weighted by Gasteiger charge is 2.43. The summed E-state index contributed by atoms with van der Waals surface area (Å²) in [6, 6.07) is 4.21. The van der Waals surface area contributed by atoms with E-state index in [9.17, 15) is 13.6 Å². The number of fused-ring (bicyclic) bond motifs is 1. The third kappa shape index (κ3) is 3.41. The third-order valence-corrected chi connectivity index (χ3v) is 3.56. The lowest BCUT2D eigenvalue weighted by Gasteiger charge is -2.22. The van der Waals surface area contributed by atoms with Gasteiger partial charge >= 0.3 is 6.29 Å². The van der Waals surface area contributed by atoms with Gasteiger partial charge in [-0.1, -0.05) is 0 Å². The fraction of sp³-hybridized carbons (Fsp3) is 0.500. The highest BCUT2D eigenvalue weighted by atomic mass is 19.3. The van der Waals surface area contributed by atoms with Gasteiger partial charge in [-0.25, -0.2) is 0 Å². The predicted octanol–water partition coefficient (Wildman–Crippen LogP) is 2.34. The van der Waals surface area contributed by atoms with E-state index in [1.54, 1.807) is 0 Å². The second-order valence-corrected chi connectivity index (χ2v) is 5.29. The molecule has 0 aromatic heterocycles. The molecule has 1 saturated heterocycles. The van der Waals surface area contributed by atoms with Crippen LogP contribution in [0.5, 0.6) is 11.5 Å². The molecular formula is C14H16F2N2O3. The molecule has 1 fully saturated rings. The summed E-state index contributed by atoms with van der Waals surface area (Å²) >= 11 is 0. The molecule has 21 heavy (non-hydrogen) atoms. The second-order valence-electron chi connectivity index (χ2n) is 5.29. The number of hydrogen-bond acceptors (Lipinski definition) is 4. The van der Waals surface area contributed by atoms with Crippen LogP contribution in [0.25, 0.3) is 0 Å². The Bertz CT molecular complexity index is 545. The molecule has 1 aromatic carbocycles. The average Bonchev–Trinajstić information content (AvgIpc) is 2.73. The number of anilines is 1. The predicted molar refractivity (Wildman–Crippen MR) is 71.5 cm³/mol. The normalized spacial score (nSPS) is 22.9. The van der Waals surface area contributed by atoms with Gasteiger partial charge in [0.25, 0.3) is 0 Å². The zero-order valence-electron chi connectivity index (χ0n) is 11.3. The first-order chi connectivity index (χ1) is 10.0. The summed E-state index contributed by atoms with van der Waals surface area (Å²) in [5.74, 6) is 0.0815. The van der Waals surface area contributed by atoms with E-state index in [1.165, 1.54) is 18.2 Å². The molecule has 0 spiro atoms. The summed E-state index contributed by atoms with van der Waals surface area (Å²) in [5, 5.41) is 5.95. The van der Waals surface area contributed by atoms with Gasteiger partial charge < -0.3 is 20.1 Å². The molecule has 1 atom stereocenters. The number of rotatable bonds is 3. The summed E-state index contributed by atoms with van der Waals surface area (Å²) in [6.07, 6.45) is -1.14. The second kappa shape index (κ2) is 5.48. The van der Waals surface area contributed by atoms with Gasteiger partial charge in [0, 0.05) is 18.2 Å². The van der Waals surface area contributed by atoms with Gasteiger partial charge in [-0.2, -0.15) is 0 Å². The molecule has 2 aliphatic heterocycles. The molecule has 2 N–H and O–H groups in total. The number of piperidine rings is 1. The van der Waals surface area contributed by atoms with Gasteiger partial charge in [-0.15, -0.1) is 8.78 Å². The molecule has 0 aliphatic carbocycles. The van der Waals surface area contributed by atoms with E-state index < -0.39 is 6.29 Å². The monoisotopic (exact) mass is 298 g/mol. The lowest BCUT2D eigenvalue weighted by Crippen LogP contribution is -2.32. The van der Waals surface area contributed by atoms with E-state index in [0.29, 0.717) is 18.0 Å². The molecule has 5 nitrogen and oxygen atoms in total. The van der Waals surface area contributed by atoms with Crippen molar-refractivity contribution in [2.24, 2.45) is 5.92 Å². The lowest BCUT2D eigenvalue weighted by atomic mass is 9.96. The summed E-state index contributed by atoms with van der Waals surface area (Å²) in [4.78, 5) is 11.9. The number of carbonyl (C=O) groups is 1. The van der Waals surface area contributed by atoms with E-state index in [1.807, 2.05) is 0 Å². The van der Waals surface area contributed by atoms with Crippen molar-refractivity contribution >= 4 is 11.6 Å². The van der Waals surface area contributed by atoms with E-state index in [0.717, 1.165) is 25.9 Å². The van der Waals surface area contributed by atoms with Crippen LogP contribution in [0.1, 0.15) is 19.3 Å². The molecule has 2 heterocycles. The third-order valence-electron chi connectivity index (χ3n) is 3.56. The Morgan fingerprint density at radius 2 is 2.19 bits per heavy atom. The van der Waals surface area contributed by atoms with E-state index in [-0.39, 0.29) is 17.4 Å². The minimum Gasteiger partial charge on any atom is -0.395 e. The smallest absolute Gasteiger partial charge is 0.395 e. The van der Waals surface area contributed by atoms with Crippen LogP contribution >= 0.6 is 0 Å². The molecule has 114 valence electrons. The number of hydrogen-bond donors (Lipinski definition) is 2. The molecule has 0 radical (unpaired) electrons. The maximum atomic E-state index is 12.9. The summed E-state index contributed by atoms with van der Waals surface area (Å²) < 4.78 is 34.5. The summed E-state index contributed by atoms with van der Waals surface area (Å²) in [6.45, 7) is 1.83. The van der Waals surface area contributed by atoms with Crippen molar-refractivity contribution in [1.29, 1.82) is 0 Å². The van der Waals surface area contributed by atoms with Crippen LogP contribution in [0.2, 0.25) is 0 Å². The molecule has 1 amide bonds. The minimum atomic E-state index is -3.64. The maximum Gasteiger partial charge on any atom is 0.586 e. The van der Waals surface area contributed by atoms with Crippen LogP contribution in [0.15, 0.2) is 18.2 Å². The largest absolute Gasteiger partial charge is 0.586 e. The molecule has 3 rings (SSSR count). The van der Waals surface area contributed by atoms with Crippen LogP contribution in [0.3, 0.4) is 0 Å². The zero-order chi connectivity index (χ0) is 14.9. The fourth-order valence-electron chi connectivity index (χ4n) is 2.60. The average molecular weight is 298 g/mol. The highest BCUT2D eigenvalue weighted by Crippen LogP contribution is 2.42. The van der Waals surface area contributed by atoms with Gasteiger partial charge in [-0.3, -0.25) is 4.79 Å². The molecular weight excluding hydrogens is 282 g/mol. The Morgan fingerprint density at radius 1 is 1.38 bits per heavy atom. The zero-order valence-corrected chi connectivity index (χ0v) is 11.3. The van der Waals surface area contributed by atoms with E-state index >= 15 is 0 Å². The molecule has 7 heteroatoms. The quantitative estimate of drug-likeness (QED) is 0.899. The maximum absolute atomic E-state index is 12.9. The van der Waals surface area contributed by atoms with Crippen molar-refractivity contribution in [2.45, 2.75) is 25.6 Å². The van der Waals surface area contributed by atoms with Crippen LogP contribution in [0, 0.1) is 5.92 Å². The number of ether oxygens (including phenoxy) is 2. The van der Waals surface area contributed by atoms with Gasteiger partial charge in [0.2, 0.25) is 5.91 Å². The van der Waals surface area contributed by atoms with E-state index in [2.05, 4.69) is 20.1 Å². The van der Waals surface area contributed by atoms with Gasteiger partial charge in [0.05, 0.1) is 0 Å². The van der Waals surface area contributed by atoms with Gasteiger partial charge in [0.15, 0.2) is 11.5 Å². The number of benzene rings is 1. The Balaban J connectivity index is 1.59. The van der Waals surface area contributed by atoms with Crippen molar-refractivity contribution in [3.63, 3.8) is 0 Å². The number of nitrogens with one attached hydrogen (secondary N) is 2.